The predicted molar refractivity (Wildman–Crippen MR) is 79.9 cm³/mol. The molecule has 0 amide bonds. The number of hydrogen-bond acceptors (Lipinski definition) is 5. The van der Waals surface area contributed by atoms with Crippen molar-refractivity contribution in [1.29, 1.82) is 0 Å². The van der Waals surface area contributed by atoms with Crippen molar-refractivity contribution in [2.75, 3.05) is 31.1 Å². The highest BCUT2D eigenvalue weighted by atomic mass is 16.4. The van der Waals surface area contributed by atoms with Gasteiger partial charge in [-0.1, -0.05) is 0 Å². The van der Waals surface area contributed by atoms with E-state index in [0.717, 1.165) is 50.5 Å². The van der Waals surface area contributed by atoms with Crippen molar-refractivity contribution in [2.24, 2.45) is 0 Å². The first-order valence-corrected chi connectivity index (χ1v) is 7.70. The van der Waals surface area contributed by atoms with Crippen molar-refractivity contribution >= 4 is 6.01 Å². The fourth-order valence-corrected chi connectivity index (χ4v) is 2.60. The largest absolute Gasteiger partial charge is 0.432 e. The molecule has 0 atom stereocenters. The maximum atomic E-state index is 5.64. The molecule has 1 aromatic heterocycles. The smallest absolute Gasteiger partial charge is 0.297 e. The molecular weight excluding hydrogens is 252 g/mol. The van der Waals surface area contributed by atoms with Crippen LogP contribution in [0.25, 0.3) is 0 Å². The Morgan fingerprint density at radius 1 is 1.25 bits per heavy atom. The molecule has 1 saturated carbocycles. The highest BCUT2D eigenvalue weighted by Gasteiger charge is 2.32. The number of aromatic nitrogens is 1. The van der Waals surface area contributed by atoms with Gasteiger partial charge in [0.25, 0.3) is 6.01 Å². The molecule has 1 aliphatic heterocycles. The zero-order valence-electron chi connectivity index (χ0n) is 12.9. The highest BCUT2D eigenvalue weighted by molar-refractivity contribution is 5.28. The van der Waals surface area contributed by atoms with Crippen LogP contribution in [0.1, 0.15) is 39.3 Å². The van der Waals surface area contributed by atoms with Crippen LogP contribution in [-0.2, 0) is 6.54 Å². The van der Waals surface area contributed by atoms with E-state index in [1.807, 2.05) is 0 Å². The second-order valence-electron chi connectivity index (χ2n) is 6.98. The molecule has 112 valence electrons. The van der Waals surface area contributed by atoms with Gasteiger partial charge in [0.1, 0.15) is 6.26 Å². The van der Waals surface area contributed by atoms with E-state index in [2.05, 4.69) is 40.9 Å². The van der Waals surface area contributed by atoms with E-state index in [4.69, 9.17) is 4.42 Å². The molecular formula is C15H26N4O. The van der Waals surface area contributed by atoms with Crippen molar-refractivity contribution in [1.82, 2.24) is 15.2 Å². The average Bonchev–Trinajstić information content (AvgIpc) is 3.15. The van der Waals surface area contributed by atoms with Gasteiger partial charge >= 0.3 is 0 Å². The van der Waals surface area contributed by atoms with Crippen LogP contribution in [-0.4, -0.2) is 47.6 Å². The quantitative estimate of drug-likeness (QED) is 0.910. The van der Waals surface area contributed by atoms with Gasteiger partial charge in [-0.3, -0.25) is 4.90 Å². The molecule has 2 fully saturated rings. The Labute approximate surface area is 121 Å². The summed E-state index contributed by atoms with van der Waals surface area (Å²) in [6.07, 6.45) is 4.56. The molecule has 0 spiro atoms. The van der Waals surface area contributed by atoms with Crippen LogP contribution in [0.4, 0.5) is 6.01 Å². The van der Waals surface area contributed by atoms with Gasteiger partial charge in [-0.2, -0.15) is 4.98 Å². The molecule has 5 nitrogen and oxygen atoms in total. The van der Waals surface area contributed by atoms with E-state index < -0.39 is 0 Å². The minimum atomic E-state index is 0.106. The number of nitrogens with one attached hydrogen (secondary N) is 1. The zero-order valence-corrected chi connectivity index (χ0v) is 12.9. The first kappa shape index (κ1) is 13.9. The summed E-state index contributed by atoms with van der Waals surface area (Å²) in [4.78, 5) is 9.46. The van der Waals surface area contributed by atoms with Crippen LogP contribution in [0.2, 0.25) is 0 Å². The summed E-state index contributed by atoms with van der Waals surface area (Å²) in [7, 11) is 0. The van der Waals surface area contributed by atoms with Crippen molar-refractivity contribution in [3.8, 4) is 0 Å². The Bertz CT molecular complexity index is 439. The van der Waals surface area contributed by atoms with E-state index in [9.17, 15) is 0 Å². The molecule has 3 rings (SSSR count). The van der Waals surface area contributed by atoms with E-state index in [0.29, 0.717) is 0 Å². The van der Waals surface area contributed by atoms with Crippen LogP contribution in [0.3, 0.4) is 0 Å². The molecule has 0 aromatic carbocycles. The topological polar surface area (TPSA) is 44.5 Å². The third-order valence-electron chi connectivity index (χ3n) is 3.99. The fraction of sp³-hybridized carbons (Fsp3) is 0.800. The van der Waals surface area contributed by atoms with E-state index in [-0.39, 0.29) is 5.54 Å². The number of piperazine rings is 1. The van der Waals surface area contributed by atoms with Gasteiger partial charge in [-0.05, 0) is 33.6 Å². The molecule has 20 heavy (non-hydrogen) atoms. The normalized spacial score (nSPS) is 21.4. The molecule has 1 aliphatic carbocycles. The van der Waals surface area contributed by atoms with Gasteiger partial charge in [0.05, 0.1) is 5.69 Å². The number of anilines is 1. The summed E-state index contributed by atoms with van der Waals surface area (Å²) in [5, 5.41) is 3.44. The van der Waals surface area contributed by atoms with Gasteiger partial charge in [-0.25, -0.2) is 0 Å². The summed E-state index contributed by atoms with van der Waals surface area (Å²) in [5.41, 5.74) is 1.09. The maximum Gasteiger partial charge on any atom is 0.297 e. The lowest BCUT2D eigenvalue weighted by Crippen LogP contribution is -2.47. The van der Waals surface area contributed by atoms with Gasteiger partial charge in [0.15, 0.2) is 0 Å². The summed E-state index contributed by atoms with van der Waals surface area (Å²) in [6.45, 7) is 11.6. The molecule has 1 saturated heterocycles. The Kier molecular flexibility index (Phi) is 3.73. The average molecular weight is 278 g/mol. The lowest BCUT2D eigenvalue weighted by atomic mass is 10.1. The second kappa shape index (κ2) is 5.37. The first-order chi connectivity index (χ1) is 9.51. The standard InChI is InChI=1S/C15H26N4O/c1-15(2,3)16-10-12-11-20-14(17-12)19-8-6-18(7-9-19)13-4-5-13/h11,13,16H,4-10H2,1-3H3. The Balaban J connectivity index is 1.51. The lowest BCUT2D eigenvalue weighted by Gasteiger charge is -2.33. The molecule has 2 aliphatic rings. The third-order valence-corrected chi connectivity index (χ3v) is 3.99. The summed E-state index contributed by atoms with van der Waals surface area (Å²) < 4.78 is 5.64. The molecule has 2 heterocycles. The van der Waals surface area contributed by atoms with Gasteiger partial charge in [0, 0.05) is 44.3 Å². The zero-order chi connectivity index (χ0) is 14.2. The minimum Gasteiger partial charge on any atom is -0.432 e. The number of rotatable bonds is 4. The molecule has 1 aromatic rings. The Morgan fingerprint density at radius 2 is 1.95 bits per heavy atom. The van der Waals surface area contributed by atoms with Crippen molar-refractivity contribution in [3.05, 3.63) is 12.0 Å². The predicted octanol–water partition coefficient (Wildman–Crippen LogP) is 1.85. The van der Waals surface area contributed by atoms with Crippen molar-refractivity contribution < 1.29 is 4.42 Å². The molecule has 0 radical (unpaired) electrons. The van der Waals surface area contributed by atoms with E-state index in [1.165, 1.54) is 12.8 Å². The lowest BCUT2D eigenvalue weighted by molar-refractivity contribution is 0.243. The van der Waals surface area contributed by atoms with Crippen LogP contribution in [0.5, 0.6) is 0 Å². The number of oxazole rings is 1. The third kappa shape index (κ3) is 3.52. The monoisotopic (exact) mass is 278 g/mol. The number of hydrogen-bond donors (Lipinski definition) is 1. The fourth-order valence-electron chi connectivity index (χ4n) is 2.60. The summed E-state index contributed by atoms with van der Waals surface area (Å²) in [5.74, 6) is 0. The van der Waals surface area contributed by atoms with Gasteiger partial charge < -0.3 is 14.6 Å². The molecule has 0 bridgehead atoms. The highest BCUT2D eigenvalue weighted by Crippen LogP contribution is 2.28. The van der Waals surface area contributed by atoms with Gasteiger partial charge in [-0.15, -0.1) is 0 Å². The van der Waals surface area contributed by atoms with Crippen LogP contribution in [0, 0.1) is 0 Å². The van der Waals surface area contributed by atoms with Crippen LogP contribution >= 0.6 is 0 Å². The van der Waals surface area contributed by atoms with E-state index in [1.54, 1.807) is 6.26 Å². The molecule has 0 unspecified atom stereocenters. The van der Waals surface area contributed by atoms with Crippen molar-refractivity contribution in [3.63, 3.8) is 0 Å². The Morgan fingerprint density at radius 3 is 2.55 bits per heavy atom. The van der Waals surface area contributed by atoms with Crippen LogP contribution in [0.15, 0.2) is 10.7 Å². The maximum absolute atomic E-state index is 5.64. The first-order valence-electron chi connectivity index (χ1n) is 7.70. The van der Waals surface area contributed by atoms with Gasteiger partial charge in [0.2, 0.25) is 0 Å². The number of nitrogens with zero attached hydrogens (tertiary/aromatic N) is 3. The summed E-state index contributed by atoms with van der Waals surface area (Å²) in [6, 6.07) is 1.65. The Hall–Kier alpha value is -1.07. The SMILES string of the molecule is CC(C)(C)NCc1coc(N2CCN(C3CC3)CC2)n1. The second-order valence-corrected chi connectivity index (χ2v) is 6.98. The molecule has 5 heteroatoms. The molecule has 1 N–H and O–H groups in total. The summed E-state index contributed by atoms with van der Waals surface area (Å²) >= 11 is 0. The van der Waals surface area contributed by atoms with Crippen LogP contribution < -0.4 is 10.2 Å². The minimum absolute atomic E-state index is 0.106. The van der Waals surface area contributed by atoms with E-state index >= 15 is 0 Å². The van der Waals surface area contributed by atoms with Crippen molar-refractivity contribution in [2.45, 2.75) is 51.7 Å².